The average molecular weight is 231 g/mol. The minimum Gasteiger partial charge on any atom is -0.345 e. The molecule has 0 fully saturated rings. The molecular formula is C7H6CdN2+2. The van der Waals surface area contributed by atoms with Crippen LogP contribution >= 0.6 is 0 Å². The number of H-pyrrole nitrogens is 1. The van der Waals surface area contributed by atoms with Gasteiger partial charge in [-0.25, -0.2) is 4.98 Å². The van der Waals surface area contributed by atoms with Gasteiger partial charge in [0.25, 0.3) is 0 Å². The van der Waals surface area contributed by atoms with Crippen molar-refractivity contribution in [2.45, 2.75) is 0 Å². The molecule has 1 aromatic carbocycles. The molecule has 0 spiro atoms. The molecule has 0 aliphatic carbocycles. The van der Waals surface area contributed by atoms with Gasteiger partial charge in [0.15, 0.2) is 0 Å². The van der Waals surface area contributed by atoms with Gasteiger partial charge in [0.05, 0.1) is 17.4 Å². The van der Waals surface area contributed by atoms with Crippen molar-refractivity contribution in [1.82, 2.24) is 9.97 Å². The molecule has 0 unspecified atom stereocenters. The normalized spacial score (nSPS) is 9.20. The van der Waals surface area contributed by atoms with Crippen molar-refractivity contribution >= 4 is 11.0 Å². The Kier molecular flexibility index (Phi) is 2.42. The van der Waals surface area contributed by atoms with Crippen LogP contribution in [0.2, 0.25) is 0 Å². The van der Waals surface area contributed by atoms with Gasteiger partial charge < -0.3 is 4.98 Å². The summed E-state index contributed by atoms with van der Waals surface area (Å²) >= 11 is 0. The third kappa shape index (κ3) is 1.21. The summed E-state index contributed by atoms with van der Waals surface area (Å²) in [4.78, 5) is 7.07. The molecule has 10 heavy (non-hydrogen) atoms. The zero-order valence-electron chi connectivity index (χ0n) is 5.54. The van der Waals surface area contributed by atoms with Gasteiger partial charge in [0, 0.05) is 0 Å². The van der Waals surface area contributed by atoms with E-state index < -0.39 is 0 Å². The van der Waals surface area contributed by atoms with Crippen molar-refractivity contribution in [3.8, 4) is 0 Å². The first-order valence-corrected chi connectivity index (χ1v) is 2.85. The van der Waals surface area contributed by atoms with E-state index in [0.717, 1.165) is 11.0 Å². The number of aromatic nitrogens is 2. The Bertz CT molecular complexity index is 286. The largest absolute Gasteiger partial charge is 2.00 e. The maximum Gasteiger partial charge on any atom is 2.00 e. The minimum absolute atomic E-state index is 0. The molecule has 2 aromatic rings. The zero-order chi connectivity index (χ0) is 6.10. The number of fused-ring (bicyclic) bond motifs is 1. The van der Waals surface area contributed by atoms with Crippen LogP contribution in [0.5, 0.6) is 0 Å². The molecule has 2 nitrogen and oxygen atoms in total. The number of nitrogens with one attached hydrogen (secondary N) is 1. The number of nitrogens with zero attached hydrogens (tertiary/aromatic N) is 1. The standard InChI is InChI=1S/C7H6N2.Cd/c1-2-4-7-6(3-1)8-5-9-7;/h1-5H,(H,8,9);/q;+2. The summed E-state index contributed by atoms with van der Waals surface area (Å²) < 4.78 is 0. The van der Waals surface area contributed by atoms with E-state index in [1.165, 1.54) is 0 Å². The fraction of sp³-hybridized carbons (Fsp3) is 0. The Morgan fingerprint density at radius 3 is 2.80 bits per heavy atom. The van der Waals surface area contributed by atoms with E-state index in [4.69, 9.17) is 0 Å². The molecule has 0 aliphatic rings. The van der Waals surface area contributed by atoms with E-state index in [1.807, 2.05) is 24.3 Å². The first-order valence-electron chi connectivity index (χ1n) is 2.85. The van der Waals surface area contributed by atoms with Crippen LogP contribution in [-0.4, -0.2) is 9.97 Å². The second-order valence-corrected chi connectivity index (χ2v) is 1.92. The summed E-state index contributed by atoms with van der Waals surface area (Å²) in [6.45, 7) is 0. The van der Waals surface area contributed by atoms with Crippen molar-refractivity contribution < 1.29 is 27.3 Å². The second-order valence-electron chi connectivity index (χ2n) is 1.92. The summed E-state index contributed by atoms with van der Waals surface area (Å²) in [5, 5.41) is 0. The number of hydrogen-bond donors (Lipinski definition) is 1. The van der Waals surface area contributed by atoms with Gasteiger partial charge in [0.2, 0.25) is 0 Å². The van der Waals surface area contributed by atoms with Crippen molar-refractivity contribution in [1.29, 1.82) is 0 Å². The molecule has 1 aromatic heterocycles. The van der Waals surface area contributed by atoms with Crippen LogP contribution in [0, 0.1) is 0 Å². The Balaban J connectivity index is 0.000000500. The molecular weight excluding hydrogens is 225 g/mol. The Hall–Kier alpha value is -0.388. The molecule has 0 saturated carbocycles. The van der Waals surface area contributed by atoms with E-state index >= 15 is 0 Å². The van der Waals surface area contributed by atoms with E-state index in [0.29, 0.717) is 0 Å². The third-order valence-electron chi connectivity index (χ3n) is 1.33. The average Bonchev–Trinajstić information content (AvgIpc) is 2.33. The summed E-state index contributed by atoms with van der Waals surface area (Å²) in [7, 11) is 0. The van der Waals surface area contributed by atoms with Crippen molar-refractivity contribution in [2.75, 3.05) is 0 Å². The van der Waals surface area contributed by atoms with Crippen LogP contribution in [0.4, 0.5) is 0 Å². The van der Waals surface area contributed by atoms with Crippen LogP contribution in [0.3, 0.4) is 0 Å². The van der Waals surface area contributed by atoms with Crippen molar-refractivity contribution in [3.63, 3.8) is 0 Å². The monoisotopic (exact) mass is 232 g/mol. The topological polar surface area (TPSA) is 28.7 Å². The number of benzene rings is 1. The molecule has 0 radical (unpaired) electrons. The van der Waals surface area contributed by atoms with Gasteiger partial charge in [-0.15, -0.1) is 0 Å². The molecule has 1 N–H and O–H groups in total. The van der Waals surface area contributed by atoms with Gasteiger partial charge in [-0.1, -0.05) is 12.1 Å². The molecule has 0 saturated heterocycles. The van der Waals surface area contributed by atoms with Crippen LogP contribution in [-0.2, 0) is 27.3 Å². The van der Waals surface area contributed by atoms with Gasteiger partial charge in [0.1, 0.15) is 0 Å². The van der Waals surface area contributed by atoms with Gasteiger partial charge in [-0.2, -0.15) is 0 Å². The Labute approximate surface area is 78.8 Å². The number of rotatable bonds is 0. The summed E-state index contributed by atoms with van der Waals surface area (Å²) in [6.07, 6.45) is 1.70. The minimum atomic E-state index is 0. The van der Waals surface area contributed by atoms with E-state index in [-0.39, 0.29) is 27.3 Å². The molecule has 0 atom stereocenters. The summed E-state index contributed by atoms with van der Waals surface area (Å²) in [6, 6.07) is 7.94. The van der Waals surface area contributed by atoms with Crippen LogP contribution in [0.15, 0.2) is 30.6 Å². The number of hydrogen-bond acceptors (Lipinski definition) is 1. The van der Waals surface area contributed by atoms with Gasteiger partial charge >= 0.3 is 27.3 Å². The maximum atomic E-state index is 4.06. The quantitative estimate of drug-likeness (QED) is 0.684. The first kappa shape index (κ1) is 7.72. The smallest absolute Gasteiger partial charge is 0.345 e. The van der Waals surface area contributed by atoms with Crippen LogP contribution in [0.1, 0.15) is 0 Å². The Morgan fingerprint density at radius 2 is 2.00 bits per heavy atom. The van der Waals surface area contributed by atoms with Gasteiger partial charge in [-0.05, 0) is 12.1 Å². The SMILES string of the molecule is [Cd+2].c1ccc2[nH]cnc2c1. The second kappa shape index (κ2) is 3.14. The van der Waals surface area contributed by atoms with Gasteiger partial charge in [-0.3, -0.25) is 0 Å². The molecule has 3 heteroatoms. The molecule has 0 amide bonds. The molecule has 1 heterocycles. The van der Waals surface area contributed by atoms with E-state index in [1.54, 1.807) is 6.33 Å². The summed E-state index contributed by atoms with van der Waals surface area (Å²) in [5.41, 5.74) is 2.12. The molecule has 44 valence electrons. The number of aromatic amines is 1. The molecule has 0 aliphatic heterocycles. The summed E-state index contributed by atoms with van der Waals surface area (Å²) in [5.74, 6) is 0. The maximum absolute atomic E-state index is 4.06. The predicted octanol–water partition coefficient (Wildman–Crippen LogP) is 1.56. The van der Waals surface area contributed by atoms with E-state index in [2.05, 4.69) is 9.97 Å². The first-order chi connectivity index (χ1) is 4.47. The van der Waals surface area contributed by atoms with Crippen LogP contribution < -0.4 is 0 Å². The molecule has 0 bridgehead atoms. The third-order valence-corrected chi connectivity index (χ3v) is 1.33. The predicted molar refractivity (Wildman–Crippen MR) is 36.1 cm³/mol. The van der Waals surface area contributed by atoms with Crippen molar-refractivity contribution in [2.24, 2.45) is 0 Å². The zero-order valence-corrected chi connectivity index (χ0v) is 9.58. The van der Waals surface area contributed by atoms with Crippen molar-refractivity contribution in [3.05, 3.63) is 30.6 Å². The fourth-order valence-corrected chi connectivity index (χ4v) is 0.880. The Morgan fingerprint density at radius 1 is 1.20 bits per heavy atom. The number of para-hydroxylation sites is 2. The number of imidazole rings is 1. The van der Waals surface area contributed by atoms with Crippen LogP contribution in [0.25, 0.3) is 11.0 Å². The fourth-order valence-electron chi connectivity index (χ4n) is 0.880. The molecule has 2 rings (SSSR count). The van der Waals surface area contributed by atoms with E-state index in [9.17, 15) is 0 Å².